The van der Waals surface area contributed by atoms with Crippen LogP contribution in [0.3, 0.4) is 0 Å². The Morgan fingerprint density at radius 3 is 3.08 bits per heavy atom. The summed E-state index contributed by atoms with van der Waals surface area (Å²) in [6, 6.07) is 2.20. The van der Waals surface area contributed by atoms with E-state index in [9.17, 15) is 0 Å². The molecule has 13 heavy (non-hydrogen) atoms. The van der Waals surface area contributed by atoms with Gasteiger partial charge in [-0.3, -0.25) is 5.10 Å². The molecule has 68 valence electrons. The van der Waals surface area contributed by atoms with Crippen LogP contribution >= 0.6 is 11.3 Å². The minimum atomic E-state index is 0.119. The van der Waals surface area contributed by atoms with Crippen molar-refractivity contribution in [3.8, 4) is 0 Å². The number of thiophene rings is 1. The van der Waals surface area contributed by atoms with Gasteiger partial charge < -0.3 is 5.32 Å². The number of nitrogens with zero attached hydrogens (tertiary/aromatic N) is 2. The molecule has 0 radical (unpaired) electrons. The summed E-state index contributed by atoms with van der Waals surface area (Å²) in [5, 5.41) is 14.0. The molecule has 1 atom stereocenters. The number of nitrogens with one attached hydrogen (secondary N) is 2. The fraction of sp³-hybridized carbons (Fsp3) is 0.250. The first-order valence-corrected chi connectivity index (χ1v) is 4.90. The molecule has 0 saturated heterocycles. The Labute approximate surface area is 80.0 Å². The van der Waals surface area contributed by atoms with Gasteiger partial charge in [0.15, 0.2) is 0 Å². The number of aromatic amines is 1. The van der Waals surface area contributed by atoms with Gasteiger partial charge in [-0.25, -0.2) is 4.98 Å². The summed E-state index contributed by atoms with van der Waals surface area (Å²) in [7, 11) is 1.91. The van der Waals surface area contributed by atoms with Crippen LogP contribution in [-0.4, -0.2) is 22.2 Å². The van der Waals surface area contributed by atoms with Gasteiger partial charge in [0.25, 0.3) is 0 Å². The van der Waals surface area contributed by atoms with E-state index in [1.54, 1.807) is 11.3 Å². The van der Waals surface area contributed by atoms with Gasteiger partial charge in [-0.2, -0.15) is 16.4 Å². The summed E-state index contributed by atoms with van der Waals surface area (Å²) in [6.07, 6.45) is 1.52. The normalized spacial score (nSPS) is 13.0. The van der Waals surface area contributed by atoms with Gasteiger partial charge in [0, 0.05) is 0 Å². The molecule has 0 saturated carbocycles. The number of rotatable bonds is 3. The molecule has 2 N–H and O–H groups in total. The molecule has 0 aliphatic rings. The molecule has 0 bridgehead atoms. The van der Waals surface area contributed by atoms with Gasteiger partial charge in [0.2, 0.25) is 0 Å². The zero-order valence-corrected chi connectivity index (χ0v) is 8.01. The second-order valence-electron chi connectivity index (χ2n) is 2.65. The Hall–Kier alpha value is -1.20. The van der Waals surface area contributed by atoms with Crippen LogP contribution in [0.5, 0.6) is 0 Å². The molecule has 2 aromatic heterocycles. The van der Waals surface area contributed by atoms with Crippen molar-refractivity contribution < 1.29 is 0 Å². The molecule has 0 aliphatic carbocycles. The topological polar surface area (TPSA) is 53.6 Å². The monoisotopic (exact) mass is 194 g/mol. The highest BCUT2D eigenvalue weighted by atomic mass is 32.1. The van der Waals surface area contributed by atoms with Crippen LogP contribution in [0.1, 0.15) is 17.4 Å². The maximum absolute atomic E-state index is 4.12. The molecule has 5 heteroatoms. The molecule has 0 aliphatic heterocycles. The quantitative estimate of drug-likeness (QED) is 0.771. The van der Waals surface area contributed by atoms with Crippen LogP contribution in [0.15, 0.2) is 23.2 Å². The van der Waals surface area contributed by atoms with Gasteiger partial charge >= 0.3 is 0 Å². The second kappa shape index (κ2) is 3.68. The summed E-state index contributed by atoms with van der Waals surface area (Å²) < 4.78 is 0. The average Bonchev–Trinajstić information content (AvgIpc) is 2.76. The van der Waals surface area contributed by atoms with Crippen molar-refractivity contribution in [3.05, 3.63) is 34.5 Å². The van der Waals surface area contributed by atoms with Crippen LogP contribution in [0.4, 0.5) is 0 Å². The SMILES string of the molecule is CNC(c1ccsc1)c1ncn[nH]1. The Morgan fingerprint density at radius 1 is 1.62 bits per heavy atom. The molecule has 0 amide bonds. The van der Waals surface area contributed by atoms with Crippen LogP contribution in [0.2, 0.25) is 0 Å². The van der Waals surface area contributed by atoms with Crippen LogP contribution in [0.25, 0.3) is 0 Å². The molecule has 0 fully saturated rings. The molecule has 4 nitrogen and oxygen atoms in total. The van der Waals surface area contributed by atoms with Gasteiger partial charge in [-0.05, 0) is 29.4 Å². The number of H-pyrrole nitrogens is 1. The third-order valence-corrected chi connectivity index (χ3v) is 2.57. The first-order valence-electron chi connectivity index (χ1n) is 3.96. The highest BCUT2D eigenvalue weighted by Gasteiger charge is 2.14. The van der Waals surface area contributed by atoms with Crippen molar-refractivity contribution in [2.24, 2.45) is 0 Å². The zero-order valence-electron chi connectivity index (χ0n) is 7.19. The maximum Gasteiger partial charge on any atom is 0.145 e. The summed E-state index contributed by atoms with van der Waals surface area (Å²) >= 11 is 1.68. The molecule has 2 aromatic rings. The summed E-state index contributed by atoms with van der Waals surface area (Å²) in [6.45, 7) is 0. The summed E-state index contributed by atoms with van der Waals surface area (Å²) in [4.78, 5) is 4.12. The molecular formula is C8H10N4S. The van der Waals surface area contributed by atoms with Gasteiger partial charge in [0.05, 0.1) is 6.04 Å². The van der Waals surface area contributed by atoms with E-state index in [-0.39, 0.29) is 6.04 Å². The molecule has 0 spiro atoms. The second-order valence-corrected chi connectivity index (χ2v) is 3.43. The van der Waals surface area contributed by atoms with Gasteiger partial charge in [0.1, 0.15) is 12.2 Å². The fourth-order valence-corrected chi connectivity index (χ4v) is 1.94. The smallest absolute Gasteiger partial charge is 0.145 e. The van der Waals surface area contributed by atoms with E-state index in [1.807, 2.05) is 7.05 Å². The van der Waals surface area contributed by atoms with Crippen LogP contribution < -0.4 is 5.32 Å². The van der Waals surface area contributed by atoms with E-state index in [0.717, 1.165) is 5.82 Å². The lowest BCUT2D eigenvalue weighted by molar-refractivity contribution is 0.652. The minimum Gasteiger partial charge on any atom is -0.307 e. The maximum atomic E-state index is 4.12. The van der Waals surface area contributed by atoms with E-state index in [0.29, 0.717) is 0 Å². The predicted octanol–water partition coefficient (Wildman–Crippen LogP) is 1.17. The van der Waals surface area contributed by atoms with Gasteiger partial charge in [-0.15, -0.1) is 0 Å². The molecule has 0 aromatic carbocycles. The molecule has 2 heterocycles. The highest BCUT2D eigenvalue weighted by Crippen LogP contribution is 2.19. The van der Waals surface area contributed by atoms with E-state index in [2.05, 4.69) is 37.3 Å². The Morgan fingerprint density at radius 2 is 2.54 bits per heavy atom. The largest absolute Gasteiger partial charge is 0.307 e. The van der Waals surface area contributed by atoms with Crippen LogP contribution in [0, 0.1) is 0 Å². The van der Waals surface area contributed by atoms with Crippen molar-refractivity contribution in [2.45, 2.75) is 6.04 Å². The summed E-state index contributed by atoms with van der Waals surface area (Å²) in [5.74, 6) is 0.848. The standard InChI is InChI=1S/C8H10N4S/c1-9-7(6-2-3-13-4-6)8-10-5-11-12-8/h2-5,7,9H,1H3,(H,10,11,12). The van der Waals surface area contributed by atoms with Gasteiger partial charge in [-0.1, -0.05) is 0 Å². The first-order chi connectivity index (χ1) is 6.42. The predicted molar refractivity (Wildman–Crippen MR) is 51.6 cm³/mol. The fourth-order valence-electron chi connectivity index (χ4n) is 1.25. The van der Waals surface area contributed by atoms with Crippen molar-refractivity contribution in [1.82, 2.24) is 20.5 Å². The number of aromatic nitrogens is 3. The van der Waals surface area contributed by atoms with Crippen molar-refractivity contribution in [3.63, 3.8) is 0 Å². The van der Waals surface area contributed by atoms with Crippen molar-refractivity contribution in [1.29, 1.82) is 0 Å². The third kappa shape index (κ3) is 1.61. The lowest BCUT2D eigenvalue weighted by atomic mass is 10.1. The van der Waals surface area contributed by atoms with E-state index < -0.39 is 0 Å². The van der Waals surface area contributed by atoms with E-state index >= 15 is 0 Å². The number of hydrogen-bond acceptors (Lipinski definition) is 4. The lowest BCUT2D eigenvalue weighted by Crippen LogP contribution is -2.18. The summed E-state index contributed by atoms with van der Waals surface area (Å²) in [5.41, 5.74) is 1.21. The van der Waals surface area contributed by atoms with Crippen molar-refractivity contribution >= 4 is 11.3 Å². The van der Waals surface area contributed by atoms with Crippen molar-refractivity contribution in [2.75, 3.05) is 7.05 Å². The minimum absolute atomic E-state index is 0.119. The zero-order chi connectivity index (χ0) is 9.10. The lowest BCUT2D eigenvalue weighted by Gasteiger charge is -2.10. The molecular weight excluding hydrogens is 184 g/mol. The molecule has 1 unspecified atom stereocenters. The Balaban J connectivity index is 2.29. The molecule has 2 rings (SSSR count). The first kappa shape index (κ1) is 8.40. The van der Waals surface area contributed by atoms with E-state index in [4.69, 9.17) is 0 Å². The Kier molecular flexibility index (Phi) is 2.37. The van der Waals surface area contributed by atoms with Crippen LogP contribution in [-0.2, 0) is 0 Å². The highest BCUT2D eigenvalue weighted by molar-refractivity contribution is 7.07. The van der Waals surface area contributed by atoms with E-state index in [1.165, 1.54) is 11.9 Å². The third-order valence-electron chi connectivity index (χ3n) is 1.87. The Bertz CT molecular complexity index is 306. The number of hydrogen-bond donors (Lipinski definition) is 2. The average molecular weight is 194 g/mol.